The Bertz CT molecular complexity index is 649. The second-order valence-electron chi connectivity index (χ2n) is 5.75. The van der Waals surface area contributed by atoms with Crippen LogP contribution in [0.1, 0.15) is 55.4 Å². The number of rotatable bonds is 7. The van der Waals surface area contributed by atoms with Crippen molar-refractivity contribution in [1.82, 2.24) is 0 Å². The van der Waals surface area contributed by atoms with E-state index in [0.29, 0.717) is 0 Å². The zero-order valence-electron chi connectivity index (χ0n) is 14.1. The van der Waals surface area contributed by atoms with Gasteiger partial charge in [0.05, 0.1) is 6.10 Å². The number of allylic oxidation sites excluding steroid dienone is 1. The minimum absolute atomic E-state index is 0.0489. The highest BCUT2D eigenvalue weighted by molar-refractivity contribution is 5.53. The summed E-state index contributed by atoms with van der Waals surface area (Å²) in [6, 6.07) is 18.2. The SMILES string of the molecule is C=Cc1ccccc1C(O)C(C=C(CC)CC)c1ccccc1. The topological polar surface area (TPSA) is 20.2 Å². The van der Waals surface area contributed by atoms with E-state index in [1.807, 2.05) is 48.5 Å². The number of aliphatic hydroxyl groups excluding tert-OH is 1. The number of hydrogen-bond donors (Lipinski definition) is 1. The first-order valence-electron chi connectivity index (χ1n) is 8.35. The molecular formula is C22H26O. The second-order valence-corrected chi connectivity index (χ2v) is 5.75. The summed E-state index contributed by atoms with van der Waals surface area (Å²) in [5, 5.41) is 11.1. The van der Waals surface area contributed by atoms with Crippen LogP contribution < -0.4 is 0 Å². The Morgan fingerprint density at radius 1 is 1.00 bits per heavy atom. The zero-order valence-corrected chi connectivity index (χ0v) is 14.1. The zero-order chi connectivity index (χ0) is 16.7. The molecule has 0 spiro atoms. The Labute approximate surface area is 140 Å². The van der Waals surface area contributed by atoms with Gasteiger partial charge < -0.3 is 5.11 Å². The lowest BCUT2D eigenvalue weighted by molar-refractivity contribution is 0.161. The smallest absolute Gasteiger partial charge is 0.0899 e. The molecule has 0 saturated heterocycles. The van der Waals surface area contributed by atoms with Crippen molar-refractivity contribution >= 4 is 6.08 Å². The first kappa shape index (κ1) is 17.2. The molecule has 0 aliphatic heterocycles. The summed E-state index contributed by atoms with van der Waals surface area (Å²) in [6.45, 7) is 8.21. The van der Waals surface area contributed by atoms with Gasteiger partial charge in [-0.1, -0.05) is 92.7 Å². The maximum Gasteiger partial charge on any atom is 0.0899 e. The predicted molar refractivity (Wildman–Crippen MR) is 99.3 cm³/mol. The molecule has 2 aromatic rings. The van der Waals surface area contributed by atoms with E-state index in [2.05, 4.69) is 38.6 Å². The van der Waals surface area contributed by atoms with E-state index < -0.39 is 6.10 Å². The summed E-state index contributed by atoms with van der Waals surface area (Å²) in [4.78, 5) is 0. The average Bonchev–Trinajstić information content (AvgIpc) is 2.63. The molecule has 0 aliphatic carbocycles. The summed E-state index contributed by atoms with van der Waals surface area (Å²) in [5.41, 5.74) is 4.43. The van der Waals surface area contributed by atoms with Crippen molar-refractivity contribution in [2.45, 2.75) is 38.7 Å². The van der Waals surface area contributed by atoms with Crippen LogP contribution in [0.15, 0.2) is 72.8 Å². The molecule has 0 radical (unpaired) electrons. The minimum Gasteiger partial charge on any atom is -0.387 e. The number of hydrogen-bond acceptors (Lipinski definition) is 1. The molecule has 2 unspecified atom stereocenters. The first-order chi connectivity index (χ1) is 11.2. The molecule has 0 aromatic heterocycles. The molecule has 1 N–H and O–H groups in total. The molecule has 0 amide bonds. The Balaban J connectivity index is 2.48. The van der Waals surface area contributed by atoms with Crippen LogP contribution in [-0.2, 0) is 0 Å². The molecule has 2 rings (SSSR count). The molecule has 0 aliphatic rings. The number of aliphatic hydroxyl groups is 1. The fraction of sp³-hybridized carbons (Fsp3) is 0.273. The summed E-state index contributed by atoms with van der Waals surface area (Å²) in [5.74, 6) is -0.0489. The highest BCUT2D eigenvalue weighted by Gasteiger charge is 2.22. The fourth-order valence-corrected chi connectivity index (χ4v) is 2.94. The Hall–Kier alpha value is -2.12. The Morgan fingerprint density at radius 2 is 1.61 bits per heavy atom. The van der Waals surface area contributed by atoms with Gasteiger partial charge in [0.25, 0.3) is 0 Å². The first-order valence-corrected chi connectivity index (χ1v) is 8.35. The van der Waals surface area contributed by atoms with Gasteiger partial charge in [0.15, 0.2) is 0 Å². The standard InChI is InChI=1S/C22H26O/c1-4-17(5-2)16-21(19-13-8-7-9-14-19)22(23)20-15-11-10-12-18(20)6-3/h6-16,21-23H,3-5H2,1-2H3. The molecule has 0 bridgehead atoms. The van der Waals surface area contributed by atoms with Gasteiger partial charge in [-0.05, 0) is 29.5 Å². The summed E-state index contributed by atoms with van der Waals surface area (Å²) < 4.78 is 0. The fourth-order valence-electron chi connectivity index (χ4n) is 2.94. The van der Waals surface area contributed by atoms with Gasteiger partial charge in [-0.15, -0.1) is 0 Å². The van der Waals surface area contributed by atoms with Crippen molar-refractivity contribution in [2.75, 3.05) is 0 Å². The lowest BCUT2D eigenvalue weighted by Gasteiger charge is -2.23. The lowest BCUT2D eigenvalue weighted by atomic mass is 9.85. The molecule has 2 atom stereocenters. The van der Waals surface area contributed by atoms with Crippen LogP contribution in [0.5, 0.6) is 0 Å². The second kappa shape index (κ2) is 8.50. The van der Waals surface area contributed by atoms with Crippen molar-refractivity contribution in [3.63, 3.8) is 0 Å². The maximum absolute atomic E-state index is 11.1. The van der Waals surface area contributed by atoms with E-state index in [9.17, 15) is 5.11 Å². The van der Waals surface area contributed by atoms with Crippen molar-refractivity contribution in [2.24, 2.45) is 0 Å². The normalized spacial score (nSPS) is 13.2. The van der Waals surface area contributed by atoms with Gasteiger partial charge in [-0.25, -0.2) is 0 Å². The van der Waals surface area contributed by atoms with E-state index in [1.165, 1.54) is 5.57 Å². The Morgan fingerprint density at radius 3 is 2.22 bits per heavy atom. The molecule has 23 heavy (non-hydrogen) atoms. The molecule has 1 nitrogen and oxygen atoms in total. The van der Waals surface area contributed by atoms with Gasteiger partial charge in [-0.2, -0.15) is 0 Å². The monoisotopic (exact) mass is 306 g/mol. The van der Waals surface area contributed by atoms with Crippen molar-refractivity contribution in [3.8, 4) is 0 Å². The molecular weight excluding hydrogens is 280 g/mol. The summed E-state index contributed by atoms with van der Waals surface area (Å²) >= 11 is 0. The van der Waals surface area contributed by atoms with Crippen molar-refractivity contribution in [1.29, 1.82) is 0 Å². The molecule has 2 aromatic carbocycles. The van der Waals surface area contributed by atoms with Crippen LogP contribution in [0.2, 0.25) is 0 Å². The molecule has 120 valence electrons. The van der Waals surface area contributed by atoms with Crippen LogP contribution in [0, 0.1) is 0 Å². The summed E-state index contributed by atoms with van der Waals surface area (Å²) in [7, 11) is 0. The van der Waals surface area contributed by atoms with Gasteiger partial charge in [-0.3, -0.25) is 0 Å². The van der Waals surface area contributed by atoms with Gasteiger partial charge in [0.1, 0.15) is 0 Å². The minimum atomic E-state index is -0.584. The predicted octanol–water partition coefficient (Wildman–Crippen LogP) is 5.89. The quantitative estimate of drug-likeness (QED) is 0.632. The molecule has 0 fully saturated rings. The van der Waals surface area contributed by atoms with Crippen LogP contribution in [0.4, 0.5) is 0 Å². The van der Waals surface area contributed by atoms with Crippen LogP contribution >= 0.6 is 0 Å². The Kier molecular flexibility index (Phi) is 6.37. The van der Waals surface area contributed by atoms with Crippen LogP contribution in [0.3, 0.4) is 0 Å². The summed E-state index contributed by atoms with van der Waals surface area (Å²) in [6.07, 6.45) is 5.48. The van der Waals surface area contributed by atoms with Gasteiger partial charge >= 0.3 is 0 Å². The van der Waals surface area contributed by atoms with Crippen molar-refractivity contribution in [3.05, 3.63) is 89.5 Å². The molecule has 0 heterocycles. The number of benzene rings is 2. The van der Waals surface area contributed by atoms with E-state index in [4.69, 9.17) is 0 Å². The third kappa shape index (κ3) is 4.20. The van der Waals surface area contributed by atoms with Crippen LogP contribution in [-0.4, -0.2) is 5.11 Å². The molecule has 1 heteroatoms. The van der Waals surface area contributed by atoms with Crippen LogP contribution in [0.25, 0.3) is 6.08 Å². The third-order valence-electron chi connectivity index (χ3n) is 4.38. The average molecular weight is 306 g/mol. The van der Waals surface area contributed by atoms with E-state index >= 15 is 0 Å². The maximum atomic E-state index is 11.1. The van der Waals surface area contributed by atoms with E-state index in [0.717, 1.165) is 29.5 Å². The van der Waals surface area contributed by atoms with E-state index in [-0.39, 0.29) is 5.92 Å². The van der Waals surface area contributed by atoms with Gasteiger partial charge in [0, 0.05) is 5.92 Å². The third-order valence-corrected chi connectivity index (χ3v) is 4.38. The van der Waals surface area contributed by atoms with Gasteiger partial charge in [0.2, 0.25) is 0 Å². The lowest BCUT2D eigenvalue weighted by Crippen LogP contribution is -2.11. The largest absolute Gasteiger partial charge is 0.387 e. The highest BCUT2D eigenvalue weighted by Crippen LogP contribution is 2.35. The highest BCUT2D eigenvalue weighted by atomic mass is 16.3. The van der Waals surface area contributed by atoms with E-state index in [1.54, 1.807) is 0 Å². The molecule has 0 saturated carbocycles. The van der Waals surface area contributed by atoms with Crippen molar-refractivity contribution < 1.29 is 5.11 Å².